The molecule has 4 heterocycles. The number of ether oxygens (including phenoxy) is 1. The van der Waals surface area contributed by atoms with E-state index < -0.39 is 29.3 Å². The molecule has 0 saturated carbocycles. The highest BCUT2D eigenvalue weighted by Crippen LogP contribution is 2.37. The average Bonchev–Trinajstić information content (AvgIpc) is 3.37. The summed E-state index contributed by atoms with van der Waals surface area (Å²) in [5, 5.41) is 13.4. The van der Waals surface area contributed by atoms with Crippen LogP contribution in [0.3, 0.4) is 0 Å². The Kier molecular flexibility index (Phi) is 6.69. The van der Waals surface area contributed by atoms with Crippen molar-refractivity contribution in [3.05, 3.63) is 93.6 Å². The number of hydrogen-bond acceptors (Lipinski definition) is 7. The third-order valence-corrected chi connectivity index (χ3v) is 6.21. The standard InChI is InChI=1S/C27H23ClF2N6O2/c1-16-12-33-25(35-8-5-24(34-35)27(3,4)6-7-31)11-21(16)36-17(2)9-23(26(28)22(36)14-37)38-15-20-19(30)10-18(29)13-32-20/h5,8-13H,6,15H2,1-4H3/i15D2. The molecular weight excluding hydrogens is 514 g/mol. The van der Waals surface area contributed by atoms with Gasteiger partial charge in [-0.05, 0) is 25.5 Å². The van der Waals surface area contributed by atoms with Gasteiger partial charge in [0.05, 0.1) is 26.4 Å². The molecule has 0 bridgehead atoms. The Balaban J connectivity index is 1.71. The summed E-state index contributed by atoms with van der Waals surface area (Å²) in [5.74, 6) is -0.292. The van der Waals surface area contributed by atoms with Crippen LogP contribution in [0.1, 0.15) is 46.9 Å². The Labute approximate surface area is 225 Å². The Morgan fingerprint density at radius 3 is 2.68 bits per heavy atom. The predicted molar refractivity (Wildman–Crippen MR) is 137 cm³/mol. The molecule has 0 amide bonds. The maximum Gasteiger partial charge on any atom is 0.155 e. The van der Waals surface area contributed by atoms with Crippen molar-refractivity contribution < 1.29 is 21.1 Å². The first kappa shape index (κ1) is 24.0. The van der Waals surface area contributed by atoms with E-state index >= 15 is 0 Å². The molecule has 0 N–H and O–H groups in total. The number of pyridine rings is 2. The largest absolute Gasteiger partial charge is 0.485 e. The molecule has 38 heavy (non-hydrogen) atoms. The van der Waals surface area contributed by atoms with E-state index in [-0.39, 0.29) is 22.9 Å². The number of anilines is 1. The van der Waals surface area contributed by atoms with E-state index in [0.29, 0.717) is 40.7 Å². The number of hydrogen-bond donors (Lipinski definition) is 0. The van der Waals surface area contributed by atoms with E-state index in [4.69, 9.17) is 24.3 Å². The van der Waals surface area contributed by atoms with Crippen molar-refractivity contribution in [1.29, 1.82) is 5.26 Å². The molecule has 3 aromatic heterocycles. The van der Waals surface area contributed by atoms with Crippen LogP contribution < -0.4 is 4.90 Å². The highest BCUT2D eigenvalue weighted by atomic mass is 35.5. The fraction of sp³-hybridized carbons (Fsp3) is 0.259. The van der Waals surface area contributed by atoms with E-state index in [1.165, 1.54) is 11.0 Å². The molecule has 0 spiro atoms. The number of allylic oxidation sites excluding steroid dienone is 3. The minimum atomic E-state index is -2.85. The quantitative estimate of drug-likeness (QED) is 0.364. The van der Waals surface area contributed by atoms with Crippen LogP contribution in [-0.2, 0) is 21.5 Å². The van der Waals surface area contributed by atoms with Crippen molar-refractivity contribution in [2.24, 2.45) is 0 Å². The summed E-state index contributed by atoms with van der Waals surface area (Å²) in [4.78, 5) is 21.6. The zero-order valence-electron chi connectivity index (χ0n) is 22.9. The first-order valence-corrected chi connectivity index (χ1v) is 11.7. The SMILES string of the molecule is [2H]C([2H])(OC1=C(Cl)C(=C=O)N(c2cc(-n3ccc(C(C)(C)CC#N)n3)ncc2C)C(C)=C1)c1ncc(F)cc1F. The molecule has 0 saturated heterocycles. The molecule has 0 unspecified atom stereocenters. The lowest BCUT2D eigenvalue weighted by atomic mass is 9.86. The van der Waals surface area contributed by atoms with Gasteiger partial charge < -0.3 is 9.64 Å². The van der Waals surface area contributed by atoms with Crippen molar-refractivity contribution in [2.75, 3.05) is 4.90 Å². The van der Waals surface area contributed by atoms with Gasteiger partial charge in [0, 0.05) is 48.1 Å². The monoisotopic (exact) mass is 538 g/mol. The molecule has 1 aliphatic heterocycles. The summed E-state index contributed by atoms with van der Waals surface area (Å²) in [7, 11) is 0. The molecule has 0 aliphatic carbocycles. The normalized spacial score (nSPS) is 14.9. The molecule has 1 aliphatic rings. The molecule has 0 fully saturated rings. The Morgan fingerprint density at radius 1 is 1.24 bits per heavy atom. The first-order valence-electron chi connectivity index (χ1n) is 12.3. The van der Waals surface area contributed by atoms with Gasteiger partial charge in [-0.15, -0.1) is 0 Å². The fourth-order valence-electron chi connectivity index (χ4n) is 3.75. The zero-order valence-corrected chi connectivity index (χ0v) is 21.6. The van der Waals surface area contributed by atoms with Crippen molar-refractivity contribution in [1.82, 2.24) is 19.7 Å². The maximum absolute atomic E-state index is 14.2. The van der Waals surface area contributed by atoms with Gasteiger partial charge in [-0.2, -0.15) is 10.4 Å². The van der Waals surface area contributed by atoms with Gasteiger partial charge in [0.25, 0.3) is 0 Å². The number of rotatable bonds is 7. The predicted octanol–water partition coefficient (Wildman–Crippen LogP) is 5.55. The maximum atomic E-state index is 14.2. The molecule has 11 heteroatoms. The smallest absolute Gasteiger partial charge is 0.155 e. The minimum absolute atomic E-state index is 0.184. The number of aryl methyl sites for hydroxylation is 1. The number of carbonyl (C=O) groups excluding carboxylic acids is 1. The molecule has 4 rings (SSSR count). The lowest BCUT2D eigenvalue weighted by Gasteiger charge is -2.31. The van der Waals surface area contributed by atoms with Crippen LogP contribution in [0.15, 0.2) is 65.1 Å². The second kappa shape index (κ2) is 10.6. The number of nitriles is 1. The molecule has 0 aromatic carbocycles. The third kappa shape index (κ3) is 5.21. The first-order chi connectivity index (χ1) is 18.8. The second-order valence-corrected chi connectivity index (χ2v) is 9.51. The van der Waals surface area contributed by atoms with E-state index in [2.05, 4.69) is 21.1 Å². The Hall–Kier alpha value is -4.32. The van der Waals surface area contributed by atoms with Crippen LogP contribution >= 0.6 is 11.6 Å². The number of nitrogens with zero attached hydrogens (tertiary/aromatic N) is 6. The molecule has 8 nitrogen and oxygen atoms in total. The lowest BCUT2D eigenvalue weighted by Crippen LogP contribution is -2.26. The van der Waals surface area contributed by atoms with Crippen LogP contribution in [0.5, 0.6) is 0 Å². The van der Waals surface area contributed by atoms with Crippen molar-refractivity contribution in [3.8, 4) is 11.9 Å². The molecule has 0 atom stereocenters. The van der Waals surface area contributed by atoms with Crippen LogP contribution in [0, 0.1) is 29.9 Å². The fourth-order valence-corrected chi connectivity index (χ4v) is 3.96. The topological polar surface area (TPSA) is 96.9 Å². The van der Waals surface area contributed by atoms with Gasteiger partial charge in [0.15, 0.2) is 23.3 Å². The van der Waals surface area contributed by atoms with E-state index in [1.54, 1.807) is 49.0 Å². The van der Waals surface area contributed by atoms with E-state index in [1.807, 2.05) is 13.8 Å². The van der Waals surface area contributed by atoms with Gasteiger partial charge in [-0.3, -0.25) is 4.98 Å². The molecule has 194 valence electrons. The van der Waals surface area contributed by atoms with Gasteiger partial charge in [-0.1, -0.05) is 25.4 Å². The Bertz CT molecular complexity index is 1650. The van der Waals surface area contributed by atoms with E-state index in [0.717, 1.165) is 0 Å². The molecule has 3 aromatic rings. The lowest BCUT2D eigenvalue weighted by molar-refractivity contribution is 0.200. The molecular formula is C27H23ClF2N6O2. The van der Waals surface area contributed by atoms with Gasteiger partial charge in [-0.25, -0.2) is 23.2 Å². The number of halogens is 3. The summed E-state index contributed by atoms with van der Waals surface area (Å²) in [5.41, 5.74) is 0.838. The third-order valence-electron chi connectivity index (χ3n) is 5.84. The highest BCUT2D eigenvalue weighted by molar-refractivity contribution is 6.33. The van der Waals surface area contributed by atoms with Crippen molar-refractivity contribution >= 4 is 23.2 Å². The molecule has 0 radical (unpaired) electrons. The van der Waals surface area contributed by atoms with Crippen LogP contribution in [0.2, 0.25) is 0 Å². The van der Waals surface area contributed by atoms with Gasteiger partial charge >= 0.3 is 0 Å². The van der Waals surface area contributed by atoms with Crippen LogP contribution in [0.25, 0.3) is 5.82 Å². The summed E-state index contributed by atoms with van der Waals surface area (Å²) in [6.45, 7) is 4.38. The Morgan fingerprint density at radius 2 is 2.00 bits per heavy atom. The zero-order chi connectivity index (χ0) is 29.4. The van der Waals surface area contributed by atoms with Gasteiger partial charge in [0.1, 0.15) is 28.9 Å². The summed E-state index contributed by atoms with van der Waals surface area (Å²) in [6, 6.07) is 6.13. The van der Waals surface area contributed by atoms with Crippen molar-refractivity contribution in [3.63, 3.8) is 0 Å². The van der Waals surface area contributed by atoms with Crippen molar-refractivity contribution in [2.45, 2.75) is 46.1 Å². The second-order valence-electron chi connectivity index (χ2n) is 9.13. The minimum Gasteiger partial charge on any atom is -0.485 e. The van der Waals surface area contributed by atoms with Gasteiger partial charge in [0.2, 0.25) is 0 Å². The van der Waals surface area contributed by atoms with E-state index in [9.17, 15) is 13.6 Å². The average molecular weight is 539 g/mol. The van der Waals surface area contributed by atoms with Crippen LogP contribution in [-0.4, -0.2) is 25.7 Å². The summed E-state index contributed by atoms with van der Waals surface area (Å²) in [6.07, 6.45) is 5.62. The number of aromatic nitrogens is 4. The van der Waals surface area contributed by atoms with Crippen LogP contribution in [0.4, 0.5) is 14.5 Å². The summed E-state index contributed by atoms with van der Waals surface area (Å²) >= 11 is 6.48. The highest BCUT2D eigenvalue weighted by Gasteiger charge is 2.29. The summed E-state index contributed by atoms with van der Waals surface area (Å²) < 4.78 is 50.8.